The molecule has 0 saturated heterocycles. The van der Waals surface area contributed by atoms with Crippen molar-refractivity contribution in [2.75, 3.05) is 4.72 Å². The van der Waals surface area contributed by atoms with E-state index in [0.717, 1.165) is 11.6 Å². The Morgan fingerprint density at radius 1 is 0.786 bits per heavy atom. The predicted octanol–water partition coefficient (Wildman–Crippen LogP) is 4.34. The predicted molar refractivity (Wildman–Crippen MR) is 102 cm³/mol. The average Bonchev–Trinajstić information content (AvgIpc) is 3.19. The van der Waals surface area contributed by atoms with Crippen LogP contribution in [0, 0.1) is 5.82 Å². The second kappa shape index (κ2) is 7.24. The lowest BCUT2D eigenvalue weighted by molar-refractivity contribution is 0.584. The Kier molecular flexibility index (Phi) is 4.62. The number of nitrogens with one attached hydrogen (secondary N) is 1. The molecule has 1 aromatic heterocycles. The molecule has 0 saturated carbocycles. The molecule has 0 aliphatic rings. The Morgan fingerprint density at radius 3 is 2.21 bits per heavy atom. The SMILES string of the molecule is O=S(=O)(Nc1cccc(F)c1)c1cccc(-c2nnc(-c3ccccc3)o2)c1. The Bertz CT molecular complexity index is 1220. The Balaban J connectivity index is 1.64. The van der Waals surface area contributed by atoms with E-state index >= 15 is 0 Å². The maximum Gasteiger partial charge on any atom is 0.261 e. The first kappa shape index (κ1) is 17.9. The van der Waals surface area contributed by atoms with Crippen LogP contribution in [-0.2, 0) is 10.0 Å². The number of sulfonamides is 1. The summed E-state index contributed by atoms with van der Waals surface area (Å²) in [5.74, 6) is -0.00310. The molecule has 4 aromatic rings. The van der Waals surface area contributed by atoms with Gasteiger partial charge in [-0.05, 0) is 48.5 Å². The molecule has 4 rings (SSSR count). The molecule has 1 N–H and O–H groups in total. The maximum absolute atomic E-state index is 13.3. The largest absolute Gasteiger partial charge is 0.416 e. The van der Waals surface area contributed by atoms with Gasteiger partial charge in [0.15, 0.2) is 0 Å². The first-order chi connectivity index (χ1) is 13.5. The zero-order valence-electron chi connectivity index (χ0n) is 14.4. The van der Waals surface area contributed by atoms with Gasteiger partial charge < -0.3 is 4.42 Å². The number of nitrogens with zero attached hydrogens (tertiary/aromatic N) is 2. The molecule has 3 aromatic carbocycles. The molecule has 0 radical (unpaired) electrons. The molecule has 0 unspecified atom stereocenters. The highest BCUT2D eigenvalue weighted by atomic mass is 32.2. The summed E-state index contributed by atoms with van der Waals surface area (Å²) in [6, 6.07) is 20.6. The Morgan fingerprint density at radius 2 is 1.46 bits per heavy atom. The van der Waals surface area contributed by atoms with Crippen molar-refractivity contribution in [1.82, 2.24) is 10.2 Å². The van der Waals surface area contributed by atoms with Crippen LogP contribution >= 0.6 is 0 Å². The van der Waals surface area contributed by atoms with Gasteiger partial charge in [-0.15, -0.1) is 10.2 Å². The standard InChI is InChI=1S/C20H14FN3O3S/c21-16-9-5-10-17(13-16)24-28(25,26)18-11-4-8-15(12-18)20-23-22-19(27-20)14-6-2-1-3-7-14/h1-13,24H. The minimum Gasteiger partial charge on any atom is -0.416 e. The highest BCUT2D eigenvalue weighted by Gasteiger charge is 2.17. The first-order valence-electron chi connectivity index (χ1n) is 8.29. The summed E-state index contributed by atoms with van der Waals surface area (Å²) < 4.78 is 46.6. The topological polar surface area (TPSA) is 85.1 Å². The van der Waals surface area contributed by atoms with Crippen LogP contribution in [0.15, 0.2) is 88.2 Å². The summed E-state index contributed by atoms with van der Waals surface area (Å²) in [6.45, 7) is 0. The number of aromatic nitrogens is 2. The lowest BCUT2D eigenvalue weighted by atomic mass is 10.2. The third-order valence-corrected chi connectivity index (χ3v) is 5.29. The highest BCUT2D eigenvalue weighted by Crippen LogP contribution is 2.26. The third-order valence-electron chi connectivity index (χ3n) is 3.91. The summed E-state index contributed by atoms with van der Waals surface area (Å²) in [7, 11) is -3.91. The first-order valence-corrected chi connectivity index (χ1v) is 9.77. The lowest BCUT2D eigenvalue weighted by Crippen LogP contribution is -2.13. The molecular formula is C20H14FN3O3S. The van der Waals surface area contributed by atoms with E-state index in [0.29, 0.717) is 11.5 Å². The highest BCUT2D eigenvalue weighted by molar-refractivity contribution is 7.92. The van der Waals surface area contributed by atoms with E-state index in [1.165, 1.54) is 30.3 Å². The Labute approximate surface area is 160 Å². The molecule has 0 aliphatic heterocycles. The van der Waals surface area contributed by atoms with Crippen molar-refractivity contribution in [2.45, 2.75) is 4.90 Å². The number of hydrogen-bond donors (Lipinski definition) is 1. The second-order valence-corrected chi connectivity index (χ2v) is 7.60. The zero-order chi connectivity index (χ0) is 19.6. The molecule has 140 valence electrons. The third kappa shape index (κ3) is 3.77. The monoisotopic (exact) mass is 395 g/mol. The summed E-state index contributed by atoms with van der Waals surface area (Å²) in [5.41, 5.74) is 1.35. The molecule has 28 heavy (non-hydrogen) atoms. The number of hydrogen-bond acceptors (Lipinski definition) is 5. The molecular weight excluding hydrogens is 381 g/mol. The van der Waals surface area contributed by atoms with Gasteiger partial charge in [-0.3, -0.25) is 4.72 Å². The van der Waals surface area contributed by atoms with E-state index < -0.39 is 15.8 Å². The minimum atomic E-state index is -3.91. The van der Waals surface area contributed by atoms with Crippen LogP contribution in [0.5, 0.6) is 0 Å². The van der Waals surface area contributed by atoms with Crippen LogP contribution in [-0.4, -0.2) is 18.6 Å². The Hall–Kier alpha value is -3.52. The molecule has 1 heterocycles. The van der Waals surface area contributed by atoms with Crippen molar-refractivity contribution < 1.29 is 17.2 Å². The molecule has 0 atom stereocenters. The van der Waals surface area contributed by atoms with Gasteiger partial charge in [-0.2, -0.15) is 0 Å². The van der Waals surface area contributed by atoms with Gasteiger partial charge in [0.25, 0.3) is 10.0 Å². The van der Waals surface area contributed by atoms with E-state index in [1.807, 2.05) is 30.3 Å². The fourth-order valence-electron chi connectivity index (χ4n) is 2.60. The number of rotatable bonds is 5. The van der Waals surface area contributed by atoms with Crippen LogP contribution < -0.4 is 4.72 Å². The van der Waals surface area contributed by atoms with Gasteiger partial charge in [0.1, 0.15) is 5.82 Å². The van der Waals surface area contributed by atoms with Crippen LogP contribution in [0.1, 0.15) is 0 Å². The van der Waals surface area contributed by atoms with Gasteiger partial charge in [0.05, 0.1) is 10.6 Å². The summed E-state index contributed by atoms with van der Waals surface area (Å²) in [5, 5.41) is 8.01. The summed E-state index contributed by atoms with van der Waals surface area (Å²) >= 11 is 0. The van der Waals surface area contributed by atoms with E-state index in [4.69, 9.17) is 4.42 Å². The second-order valence-electron chi connectivity index (χ2n) is 5.92. The van der Waals surface area contributed by atoms with Crippen LogP contribution in [0.3, 0.4) is 0 Å². The molecule has 6 nitrogen and oxygen atoms in total. The number of anilines is 1. The van der Waals surface area contributed by atoms with Crippen molar-refractivity contribution in [3.05, 3.63) is 84.7 Å². The van der Waals surface area contributed by atoms with E-state index in [2.05, 4.69) is 14.9 Å². The summed E-state index contributed by atoms with van der Waals surface area (Å²) in [4.78, 5) is -0.00581. The van der Waals surface area contributed by atoms with E-state index in [9.17, 15) is 12.8 Å². The van der Waals surface area contributed by atoms with Crippen molar-refractivity contribution in [1.29, 1.82) is 0 Å². The van der Waals surface area contributed by atoms with Crippen LogP contribution in [0.2, 0.25) is 0 Å². The number of halogens is 1. The van der Waals surface area contributed by atoms with Crippen molar-refractivity contribution in [2.24, 2.45) is 0 Å². The molecule has 0 amide bonds. The van der Waals surface area contributed by atoms with Crippen molar-refractivity contribution in [3.8, 4) is 22.9 Å². The fraction of sp³-hybridized carbons (Fsp3) is 0. The lowest BCUT2D eigenvalue weighted by Gasteiger charge is -2.08. The zero-order valence-corrected chi connectivity index (χ0v) is 15.2. The summed E-state index contributed by atoms with van der Waals surface area (Å²) in [6.07, 6.45) is 0. The number of benzene rings is 3. The normalized spacial score (nSPS) is 11.3. The van der Waals surface area contributed by atoms with Crippen molar-refractivity contribution in [3.63, 3.8) is 0 Å². The van der Waals surface area contributed by atoms with Gasteiger partial charge in [0, 0.05) is 11.1 Å². The van der Waals surface area contributed by atoms with Gasteiger partial charge in [-0.25, -0.2) is 12.8 Å². The smallest absolute Gasteiger partial charge is 0.261 e. The van der Waals surface area contributed by atoms with Crippen LogP contribution in [0.4, 0.5) is 10.1 Å². The molecule has 8 heteroatoms. The van der Waals surface area contributed by atoms with E-state index in [-0.39, 0.29) is 16.5 Å². The molecule has 0 fully saturated rings. The minimum absolute atomic E-state index is 0.00581. The van der Waals surface area contributed by atoms with Gasteiger partial charge in [0.2, 0.25) is 11.8 Å². The van der Waals surface area contributed by atoms with Gasteiger partial charge >= 0.3 is 0 Å². The van der Waals surface area contributed by atoms with E-state index in [1.54, 1.807) is 12.1 Å². The maximum atomic E-state index is 13.3. The molecule has 0 aliphatic carbocycles. The average molecular weight is 395 g/mol. The fourth-order valence-corrected chi connectivity index (χ4v) is 3.69. The molecule has 0 bridgehead atoms. The quantitative estimate of drug-likeness (QED) is 0.543. The van der Waals surface area contributed by atoms with Gasteiger partial charge in [-0.1, -0.05) is 30.3 Å². The molecule has 0 spiro atoms. The van der Waals surface area contributed by atoms with Crippen LogP contribution in [0.25, 0.3) is 22.9 Å². The van der Waals surface area contributed by atoms with Crippen molar-refractivity contribution >= 4 is 15.7 Å².